The molecule has 5 nitrogen and oxygen atoms in total. The molecule has 0 atom stereocenters. The van der Waals surface area contributed by atoms with Crippen LogP contribution in [0.4, 0.5) is 24.5 Å². The molecule has 3 rings (SSSR count). The summed E-state index contributed by atoms with van der Waals surface area (Å²) in [5, 5.41) is 5.22. The number of carbonyl (C=O) groups excluding carboxylic acids is 2. The van der Waals surface area contributed by atoms with Crippen LogP contribution < -0.4 is 10.6 Å². The van der Waals surface area contributed by atoms with Crippen molar-refractivity contribution in [1.82, 2.24) is 0 Å². The maximum atomic E-state index is 13.5. The first-order valence-corrected chi connectivity index (χ1v) is 10.4. The van der Waals surface area contributed by atoms with E-state index < -0.39 is 23.6 Å². The Hall–Kier alpha value is -2.91. The third kappa shape index (κ3) is 6.53. The number of hydrogen-bond acceptors (Lipinski definition) is 4. The summed E-state index contributed by atoms with van der Waals surface area (Å²) in [5.41, 5.74) is -0.597. The Labute approximate surface area is 185 Å². The molecule has 0 fully saturated rings. The molecular weight excluding hydrogens is 453 g/mol. The highest BCUT2D eigenvalue weighted by Gasteiger charge is 2.34. The smallest absolute Gasteiger partial charge is 0.418 e. The molecule has 10 heteroatoms. The molecule has 2 N–H and O–H groups in total. The van der Waals surface area contributed by atoms with Crippen molar-refractivity contribution in [3.8, 4) is 0 Å². The average Bonchev–Trinajstić information content (AvgIpc) is 3.25. The van der Waals surface area contributed by atoms with Crippen LogP contribution in [-0.2, 0) is 16.7 Å². The second-order valence-corrected chi connectivity index (χ2v) is 7.78. The molecule has 2 amide bonds. The summed E-state index contributed by atoms with van der Waals surface area (Å²) in [4.78, 5) is 24.1. The molecule has 0 aliphatic carbocycles. The Bertz CT molecular complexity index is 1050. The highest BCUT2D eigenvalue weighted by atomic mass is 35.5. The van der Waals surface area contributed by atoms with Gasteiger partial charge in [0.15, 0.2) is 5.76 Å². The number of furan rings is 1. The molecule has 0 saturated heterocycles. The Kier molecular flexibility index (Phi) is 7.29. The molecule has 0 unspecified atom stereocenters. The van der Waals surface area contributed by atoms with Gasteiger partial charge in [0.2, 0.25) is 5.91 Å². The third-order valence-electron chi connectivity index (χ3n) is 4.02. The van der Waals surface area contributed by atoms with Gasteiger partial charge in [-0.05, 0) is 48.0 Å². The number of carbonyl (C=O) groups is 2. The molecule has 3 aromatic rings. The van der Waals surface area contributed by atoms with E-state index in [1.165, 1.54) is 36.2 Å². The highest BCUT2D eigenvalue weighted by Crippen LogP contribution is 2.36. The Balaban J connectivity index is 1.64. The zero-order valence-corrected chi connectivity index (χ0v) is 17.4. The number of anilines is 2. The lowest BCUT2D eigenvalue weighted by atomic mass is 10.1. The van der Waals surface area contributed by atoms with Gasteiger partial charge in [-0.25, -0.2) is 0 Å². The molecule has 31 heavy (non-hydrogen) atoms. The Morgan fingerprint density at radius 1 is 1.03 bits per heavy atom. The Morgan fingerprint density at radius 2 is 1.77 bits per heavy atom. The van der Waals surface area contributed by atoms with Gasteiger partial charge in [-0.2, -0.15) is 13.2 Å². The standard InChI is InChI=1S/C21H16ClF3N2O3S/c22-14-5-3-13(4-6-14)11-31-12-19(28)27-17-8-7-15(10-16(17)21(23,24)25)26-20(29)18-2-1-9-30-18/h1-10H,11-12H2,(H,26,29)(H,27,28). The van der Waals surface area contributed by atoms with E-state index >= 15 is 0 Å². The molecule has 1 heterocycles. The lowest BCUT2D eigenvalue weighted by Gasteiger charge is -2.15. The van der Waals surface area contributed by atoms with Crippen LogP contribution in [0.25, 0.3) is 0 Å². The number of hydrogen-bond donors (Lipinski definition) is 2. The number of halogens is 4. The fourth-order valence-corrected chi connectivity index (χ4v) is 3.51. The van der Waals surface area contributed by atoms with Gasteiger partial charge in [0.05, 0.1) is 23.3 Å². The van der Waals surface area contributed by atoms with Crippen molar-refractivity contribution in [1.29, 1.82) is 0 Å². The van der Waals surface area contributed by atoms with Crippen molar-refractivity contribution < 1.29 is 27.2 Å². The SMILES string of the molecule is O=C(CSCc1ccc(Cl)cc1)Nc1ccc(NC(=O)c2ccco2)cc1C(F)(F)F. The predicted molar refractivity (Wildman–Crippen MR) is 114 cm³/mol. The van der Waals surface area contributed by atoms with E-state index in [2.05, 4.69) is 10.6 Å². The van der Waals surface area contributed by atoms with Crippen molar-refractivity contribution in [3.63, 3.8) is 0 Å². The van der Waals surface area contributed by atoms with E-state index in [0.717, 1.165) is 17.7 Å². The van der Waals surface area contributed by atoms with Crippen LogP contribution in [0.3, 0.4) is 0 Å². The van der Waals surface area contributed by atoms with E-state index in [1.807, 2.05) is 12.1 Å². The van der Waals surface area contributed by atoms with Gasteiger partial charge in [0, 0.05) is 16.5 Å². The van der Waals surface area contributed by atoms with Gasteiger partial charge in [0.25, 0.3) is 5.91 Å². The highest BCUT2D eigenvalue weighted by molar-refractivity contribution is 7.99. The zero-order valence-electron chi connectivity index (χ0n) is 15.8. The first kappa shape index (κ1) is 22.8. The third-order valence-corrected chi connectivity index (χ3v) is 5.27. The van der Waals surface area contributed by atoms with Crippen molar-refractivity contribution in [2.75, 3.05) is 16.4 Å². The van der Waals surface area contributed by atoms with Crippen LogP contribution in [-0.4, -0.2) is 17.6 Å². The second-order valence-electron chi connectivity index (χ2n) is 6.36. The lowest BCUT2D eigenvalue weighted by Crippen LogP contribution is -2.19. The fourth-order valence-electron chi connectivity index (χ4n) is 2.59. The van der Waals surface area contributed by atoms with Crippen molar-refractivity contribution in [3.05, 3.63) is 82.8 Å². The summed E-state index contributed by atoms with van der Waals surface area (Å²) in [5.74, 6) is -0.820. The average molecular weight is 469 g/mol. The van der Waals surface area contributed by atoms with Crippen LogP contribution in [0.1, 0.15) is 21.7 Å². The predicted octanol–water partition coefficient (Wildman–Crippen LogP) is 6.08. The molecule has 0 saturated carbocycles. The molecule has 1 aromatic heterocycles. The second kappa shape index (κ2) is 9.93. The van der Waals surface area contributed by atoms with Gasteiger partial charge in [-0.3, -0.25) is 9.59 Å². The number of nitrogens with one attached hydrogen (secondary N) is 2. The summed E-state index contributed by atoms with van der Waals surface area (Å²) in [6.45, 7) is 0. The van der Waals surface area contributed by atoms with Crippen LogP contribution in [0.15, 0.2) is 65.3 Å². The largest absolute Gasteiger partial charge is 0.459 e. The summed E-state index contributed by atoms with van der Waals surface area (Å²) in [6, 6.07) is 13.1. The molecule has 0 bridgehead atoms. The van der Waals surface area contributed by atoms with Crippen molar-refractivity contribution in [2.45, 2.75) is 11.9 Å². The summed E-state index contributed by atoms with van der Waals surface area (Å²) in [6.07, 6.45) is -3.45. The maximum absolute atomic E-state index is 13.5. The first-order chi connectivity index (χ1) is 14.7. The van der Waals surface area contributed by atoms with E-state index in [4.69, 9.17) is 16.0 Å². The van der Waals surface area contributed by atoms with E-state index in [-0.39, 0.29) is 22.9 Å². The Morgan fingerprint density at radius 3 is 2.42 bits per heavy atom. The van der Waals surface area contributed by atoms with Crippen LogP contribution in [0, 0.1) is 0 Å². The van der Waals surface area contributed by atoms with Crippen LogP contribution in [0.2, 0.25) is 5.02 Å². The summed E-state index contributed by atoms with van der Waals surface area (Å²) >= 11 is 7.07. The van der Waals surface area contributed by atoms with E-state index in [9.17, 15) is 22.8 Å². The summed E-state index contributed by atoms with van der Waals surface area (Å²) < 4.78 is 45.4. The minimum absolute atomic E-state index is 0.0308. The topological polar surface area (TPSA) is 71.3 Å². The number of thioether (sulfide) groups is 1. The number of amides is 2. The van der Waals surface area contributed by atoms with Crippen molar-refractivity contribution >= 4 is 46.6 Å². The van der Waals surface area contributed by atoms with Crippen LogP contribution in [0.5, 0.6) is 0 Å². The van der Waals surface area contributed by atoms with Crippen molar-refractivity contribution in [2.24, 2.45) is 0 Å². The normalized spacial score (nSPS) is 11.2. The van der Waals surface area contributed by atoms with E-state index in [0.29, 0.717) is 10.8 Å². The maximum Gasteiger partial charge on any atom is 0.418 e. The number of rotatable bonds is 7. The monoisotopic (exact) mass is 468 g/mol. The van der Waals surface area contributed by atoms with Gasteiger partial charge in [-0.15, -0.1) is 11.8 Å². The summed E-state index contributed by atoms with van der Waals surface area (Å²) in [7, 11) is 0. The van der Waals surface area contributed by atoms with E-state index in [1.54, 1.807) is 12.1 Å². The fraction of sp³-hybridized carbons (Fsp3) is 0.143. The van der Waals surface area contributed by atoms with Gasteiger partial charge in [-0.1, -0.05) is 23.7 Å². The zero-order chi connectivity index (χ0) is 22.4. The number of alkyl halides is 3. The van der Waals surface area contributed by atoms with Gasteiger partial charge < -0.3 is 15.1 Å². The lowest BCUT2D eigenvalue weighted by molar-refractivity contribution is -0.136. The molecule has 0 aliphatic rings. The van der Waals surface area contributed by atoms with Gasteiger partial charge in [0.1, 0.15) is 0 Å². The number of benzene rings is 2. The molecular formula is C21H16ClF3N2O3S. The molecule has 162 valence electrons. The van der Waals surface area contributed by atoms with Gasteiger partial charge >= 0.3 is 6.18 Å². The first-order valence-electron chi connectivity index (χ1n) is 8.90. The minimum Gasteiger partial charge on any atom is -0.459 e. The molecule has 0 aliphatic heterocycles. The van der Waals surface area contributed by atoms with Crippen LogP contribution >= 0.6 is 23.4 Å². The molecule has 0 spiro atoms. The minimum atomic E-state index is -4.73. The quantitative estimate of drug-likeness (QED) is 0.441. The molecule has 2 aromatic carbocycles. The molecule has 0 radical (unpaired) electrons.